The van der Waals surface area contributed by atoms with E-state index in [2.05, 4.69) is 30.6 Å². The van der Waals surface area contributed by atoms with Crippen LogP contribution < -0.4 is 0 Å². The molecule has 2 rings (SSSR count). The molecule has 2 heterocycles. The van der Waals surface area contributed by atoms with Gasteiger partial charge in [-0.1, -0.05) is 27.2 Å². The van der Waals surface area contributed by atoms with E-state index in [1.54, 1.807) is 0 Å². The minimum Gasteiger partial charge on any atom is -0.299 e. The molecule has 0 unspecified atom stereocenters. The van der Waals surface area contributed by atoms with Crippen LogP contribution in [0.3, 0.4) is 0 Å². The lowest BCUT2D eigenvalue weighted by molar-refractivity contribution is -0.124. The monoisotopic (exact) mass is 308 g/mol. The van der Waals surface area contributed by atoms with Crippen LogP contribution in [0.25, 0.3) is 0 Å². The molecule has 22 heavy (non-hydrogen) atoms. The highest BCUT2D eigenvalue weighted by molar-refractivity contribution is 5.81. The highest BCUT2D eigenvalue weighted by Crippen LogP contribution is 2.25. The van der Waals surface area contributed by atoms with Crippen molar-refractivity contribution in [1.82, 2.24) is 9.80 Å². The van der Waals surface area contributed by atoms with Crippen LogP contribution in [0.5, 0.6) is 0 Å². The van der Waals surface area contributed by atoms with Gasteiger partial charge in [-0.3, -0.25) is 14.6 Å². The van der Waals surface area contributed by atoms with Gasteiger partial charge in [-0.25, -0.2) is 0 Å². The van der Waals surface area contributed by atoms with Crippen LogP contribution in [0.15, 0.2) is 0 Å². The summed E-state index contributed by atoms with van der Waals surface area (Å²) in [5.74, 6) is 2.65. The van der Waals surface area contributed by atoms with E-state index in [1.807, 2.05) is 0 Å². The second-order valence-electron chi connectivity index (χ2n) is 7.80. The largest absolute Gasteiger partial charge is 0.299 e. The van der Waals surface area contributed by atoms with Crippen molar-refractivity contribution in [3.8, 4) is 0 Å². The Hall–Kier alpha value is -0.410. The average Bonchev–Trinajstić information content (AvgIpc) is 2.54. The van der Waals surface area contributed by atoms with Gasteiger partial charge >= 0.3 is 0 Å². The minimum absolute atomic E-state index is 0.356. The van der Waals surface area contributed by atoms with E-state index in [0.29, 0.717) is 11.7 Å². The first-order chi connectivity index (χ1) is 10.6. The molecule has 2 saturated heterocycles. The molecule has 2 fully saturated rings. The lowest BCUT2D eigenvalue weighted by Gasteiger charge is -2.39. The SMILES string of the molecule is CCCCC(=O)C1CCN(CN2CCC(C(C)C)CC2)CC1. The van der Waals surface area contributed by atoms with Gasteiger partial charge in [0, 0.05) is 25.4 Å². The molecule has 0 aromatic heterocycles. The number of ketones is 1. The summed E-state index contributed by atoms with van der Waals surface area (Å²) in [6.07, 6.45) is 7.92. The number of unbranched alkanes of at least 4 members (excludes halogenated alkanes) is 1. The van der Waals surface area contributed by atoms with E-state index in [9.17, 15) is 4.79 Å². The fraction of sp³-hybridized carbons (Fsp3) is 0.947. The zero-order valence-corrected chi connectivity index (χ0v) is 15.0. The van der Waals surface area contributed by atoms with Crippen LogP contribution in [0.1, 0.15) is 65.7 Å². The summed E-state index contributed by atoms with van der Waals surface area (Å²) in [4.78, 5) is 17.3. The van der Waals surface area contributed by atoms with Crippen molar-refractivity contribution in [2.24, 2.45) is 17.8 Å². The maximum absolute atomic E-state index is 12.1. The Balaban J connectivity index is 1.64. The molecule has 0 spiro atoms. The van der Waals surface area contributed by atoms with E-state index >= 15 is 0 Å². The van der Waals surface area contributed by atoms with Crippen molar-refractivity contribution in [3.05, 3.63) is 0 Å². The molecule has 0 bridgehead atoms. The molecule has 0 atom stereocenters. The Labute approximate surface area is 137 Å². The maximum Gasteiger partial charge on any atom is 0.136 e. The van der Waals surface area contributed by atoms with Crippen molar-refractivity contribution in [2.75, 3.05) is 32.8 Å². The van der Waals surface area contributed by atoms with Gasteiger partial charge < -0.3 is 0 Å². The number of hydrogen-bond donors (Lipinski definition) is 0. The highest BCUT2D eigenvalue weighted by Gasteiger charge is 2.27. The summed E-state index contributed by atoms with van der Waals surface area (Å²) in [5.41, 5.74) is 0. The molecule has 2 aliphatic heterocycles. The third-order valence-electron chi connectivity index (χ3n) is 5.79. The van der Waals surface area contributed by atoms with Gasteiger partial charge in [0.1, 0.15) is 5.78 Å². The molecule has 2 aliphatic rings. The molecule has 3 nitrogen and oxygen atoms in total. The smallest absolute Gasteiger partial charge is 0.136 e. The molecule has 0 N–H and O–H groups in total. The predicted octanol–water partition coefficient (Wildman–Crippen LogP) is 3.78. The molecule has 128 valence electrons. The molecular weight excluding hydrogens is 272 g/mol. The fourth-order valence-corrected chi connectivity index (χ4v) is 4.00. The number of nitrogens with zero attached hydrogens (tertiary/aromatic N) is 2. The zero-order valence-electron chi connectivity index (χ0n) is 15.0. The van der Waals surface area contributed by atoms with Gasteiger partial charge in [0.05, 0.1) is 6.67 Å². The van der Waals surface area contributed by atoms with E-state index in [0.717, 1.165) is 63.7 Å². The molecule has 0 saturated carbocycles. The number of hydrogen-bond acceptors (Lipinski definition) is 3. The number of Topliss-reactive ketones (excluding diaryl/α,β-unsaturated/α-hetero) is 1. The van der Waals surface area contributed by atoms with Gasteiger partial charge in [0.2, 0.25) is 0 Å². The molecule has 0 radical (unpaired) electrons. The Bertz CT molecular complexity index is 326. The van der Waals surface area contributed by atoms with E-state index < -0.39 is 0 Å². The standard InChI is InChI=1S/C19H36N2O/c1-4-5-6-19(22)18-9-13-21(14-10-18)15-20-11-7-17(8-12-20)16(2)3/h16-18H,4-15H2,1-3H3. The van der Waals surface area contributed by atoms with Gasteiger partial charge in [-0.15, -0.1) is 0 Å². The van der Waals surface area contributed by atoms with E-state index in [1.165, 1.54) is 25.9 Å². The Morgan fingerprint density at radius 1 is 1.00 bits per heavy atom. The summed E-state index contributed by atoms with van der Waals surface area (Å²) in [6, 6.07) is 0. The molecule has 0 aromatic rings. The van der Waals surface area contributed by atoms with Gasteiger partial charge in [0.15, 0.2) is 0 Å². The first-order valence-electron chi connectivity index (χ1n) is 9.57. The molecule has 0 aliphatic carbocycles. The zero-order chi connectivity index (χ0) is 15.9. The third kappa shape index (κ3) is 5.34. The molecule has 0 aromatic carbocycles. The normalized spacial score (nSPS) is 23.3. The topological polar surface area (TPSA) is 23.6 Å². The van der Waals surface area contributed by atoms with Crippen LogP contribution in [0.2, 0.25) is 0 Å². The van der Waals surface area contributed by atoms with Crippen molar-refractivity contribution in [2.45, 2.75) is 65.7 Å². The quantitative estimate of drug-likeness (QED) is 0.715. The van der Waals surface area contributed by atoms with Crippen molar-refractivity contribution < 1.29 is 4.79 Å². The fourth-order valence-electron chi connectivity index (χ4n) is 4.00. The lowest BCUT2D eigenvalue weighted by Crippen LogP contribution is -2.46. The molecular formula is C19H36N2O. The van der Waals surface area contributed by atoms with Crippen LogP contribution in [-0.2, 0) is 4.79 Å². The Morgan fingerprint density at radius 3 is 2.05 bits per heavy atom. The van der Waals surface area contributed by atoms with E-state index in [4.69, 9.17) is 0 Å². The Kier molecular flexibility index (Phi) is 7.36. The van der Waals surface area contributed by atoms with E-state index in [-0.39, 0.29) is 0 Å². The Morgan fingerprint density at radius 2 is 1.55 bits per heavy atom. The van der Waals surface area contributed by atoms with Crippen LogP contribution in [0, 0.1) is 17.8 Å². The second kappa shape index (κ2) is 9.02. The minimum atomic E-state index is 0.356. The van der Waals surface area contributed by atoms with Gasteiger partial charge in [0.25, 0.3) is 0 Å². The average molecular weight is 309 g/mol. The number of carbonyl (C=O) groups is 1. The summed E-state index contributed by atoms with van der Waals surface area (Å²) in [7, 11) is 0. The highest BCUT2D eigenvalue weighted by atomic mass is 16.1. The molecule has 3 heteroatoms. The first kappa shape index (κ1) is 17.9. The van der Waals surface area contributed by atoms with Gasteiger partial charge in [-0.2, -0.15) is 0 Å². The number of likely N-dealkylation sites (tertiary alicyclic amines) is 2. The van der Waals surface area contributed by atoms with Crippen LogP contribution >= 0.6 is 0 Å². The summed E-state index contributed by atoms with van der Waals surface area (Å²) < 4.78 is 0. The summed E-state index contributed by atoms with van der Waals surface area (Å²) in [6.45, 7) is 12.8. The first-order valence-corrected chi connectivity index (χ1v) is 9.57. The third-order valence-corrected chi connectivity index (χ3v) is 5.79. The van der Waals surface area contributed by atoms with Gasteiger partial charge in [-0.05, 0) is 57.0 Å². The number of carbonyl (C=O) groups excluding carboxylic acids is 1. The van der Waals surface area contributed by atoms with Crippen molar-refractivity contribution >= 4 is 5.78 Å². The second-order valence-corrected chi connectivity index (χ2v) is 7.80. The van der Waals surface area contributed by atoms with Crippen LogP contribution in [-0.4, -0.2) is 48.4 Å². The van der Waals surface area contributed by atoms with Crippen molar-refractivity contribution in [3.63, 3.8) is 0 Å². The summed E-state index contributed by atoms with van der Waals surface area (Å²) in [5, 5.41) is 0. The maximum atomic E-state index is 12.1. The number of piperidine rings is 2. The predicted molar refractivity (Wildman–Crippen MR) is 92.8 cm³/mol. The summed E-state index contributed by atoms with van der Waals surface area (Å²) >= 11 is 0. The molecule has 0 amide bonds. The van der Waals surface area contributed by atoms with Crippen molar-refractivity contribution in [1.29, 1.82) is 0 Å². The number of rotatable bonds is 7. The lowest BCUT2D eigenvalue weighted by atomic mass is 9.87. The van der Waals surface area contributed by atoms with Crippen LogP contribution in [0.4, 0.5) is 0 Å².